The summed E-state index contributed by atoms with van der Waals surface area (Å²) in [7, 11) is 0. The van der Waals surface area contributed by atoms with Gasteiger partial charge in [-0.15, -0.1) is 11.3 Å². The van der Waals surface area contributed by atoms with Crippen molar-refractivity contribution in [2.24, 2.45) is 11.8 Å². The smallest absolute Gasteiger partial charge is 0.279 e. The number of hydrogen-bond acceptors (Lipinski definition) is 4. The minimum absolute atomic E-state index is 0.0103. The monoisotopic (exact) mass is 336 g/mol. The first-order chi connectivity index (χ1) is 10.8. The average Bonchev–Trinajstić information content (AvgIpc) is 3.25. The van der Waals surface area contributed by atoms with Gasteiger partial charge in [0.1, 0.15) is 0 Å². The summed E-state index contributed by atoms with van der Waals surface area (Å²) in [6.07, 6.45) is 5.16. The molecule has 2 aliphatic rings. The first-order valence-corrected chi connectivity index (χ1v) is 9.10. The van der Waals surface area contributed by atoms with Gasteiger partial charge in [0.05, 0.1) is 16.9 Å². The van der Waals surface area contributed by atoms with Crippen molar-refractivity contribution in [2.45, 2.75) is 58.0 Å². The van der Waals surface area contributed by atoms with Crippen LogP contribution in [0.25, 0.3) is 0 Å². The van der Waals surface area contributed by atoms with Crippen molar-refractivity contribution in [3.63, 3.8) is 0 Å². The Morgan fingerprint density at radius 1 is 1.35 bits per heavy atom. The van der Waals surface area contributed by atoms with Gasteiger partial charge in [-0.05, 0) is 62.5 Å². The van der Waals surface area contributed by atoms with Crippen molar-refractivity contribution >= 4 is 23.2 Å². The van der Waals surface area contributed by atoms with E-state index in [1.807, 2.05) is 6.07 Å². The summed E-state index contributed by atoms with van der Waals surface area (Å²) in [5.74, 6) is 0.231. The van der Waals surface area contributed by atoms with E-state index in [0.717, 1.165) is 25.7 Å². The minimum atomic E-state index is -0.979. The molecule has 126 valence electrons. The first kappa shape index (κ1) is 16.5. The third-order valence-electron chi connectivity index (χ3n) is 4.84. The zero-order chi connectivity index (χ0) is 16.6. The fourth-order valence-corrected chi connectivity index (χ4v) is 4.33. The zero-order valence-electron chi connectivity index (χ0n) is 13.6. The molecule has 23 heavy (non-hydrogen) atoms. The summed E-state index contributed by atoms with van der Waals surface area (Å²) in [5, 5.41) is 10.2. The van der Waals surface area contributed by atoms with Crippen molar-refractivity contribution in [3.8, 4) is 0 Å². The topological polar surface area (TPSA) is 78.4 Å². The molecule has 6 heteroatoms. The second-order valence-electron chi connectivity index (χ2n) is 7.22. The van der Waals surface area contributed by atoms with Crippen LogP contribution in [0.5, 0.6) is 0 Å². The number of nitrogens with one attached hydrogen (secondary N) is 2. The molecule has 2 unspecified atom stereocenters. The van der Waals surface area contributed by atoms with Crippen molar-refractivity contribution < 1.29 is 14.7 Å². The van der Waals surface area contributed by atoms with Crippen LogP contribution in [0.1, 0.15) is 59.6 Å². The van der Waals surface area contributed by atoms with Gasteiger partial charge in [0.2, 0.25) is 5.91 Å². The molecule has 2 aliphatic carbocycles. The van der Waals surface area contributed by atoms with Gasteiger partial charge < -0.3 is 5.11 Å². The Morgan fingerprint density at radius 2 is 2.09 bits per heavy atom. The van der Waals surface area contributed by atoms with Crippen LogP contribution in [-0.4, -0.2) is 22.5 Å². The second-order valence-corrected chi connectivity index (χ2v) is 8.35. The zero-order valence-corrected chi connectivity index (χ0v) is 14.5. The molecule has 0 aliphatic heterocycles. The third-order valence-corrected chi connectivity index (χ3v) is 6.08. The molecule has 1 saturated carbocycles. The molecule has 0 radical (unpaired) electrons. The SMILES string of the molecule is CC1CCc2sc(C(=O)NNC(=O)CC(C)(O)C3CC3)cc2C1. The van der Waals surface area contributed by atoms with Crippen LogP contribution in [0, 0.1) is 11.8 Å². The van der Waals surface area contributed by atoms with Crippen LogP contribution in [0.2, 0.25) is 0 Å². The molecule has 1 heterocycles. The predicted octanol–water partition coefficient (Wildman–Crippen LogP) is 2.19. The summed E-state index contributed by atoms with van der Waals surface area (Å²) >= 11 is 1.51. The number of fused-ring (bicyclic) bond motifs is 1. The highest BCUT2D eigenvalue weighted by molar-refractivity contribution is 7.14. The number of carbonyl (C=O) groups excluding carboxylic acids is 2. The Balaban J connectivity index is 1.52. The first-order valence-electron chi connectivity index (χ1n) is 8.28. The normalized spacial score (nSPS) is 22.8. The van der Waals surface area contributed by atoms with Gasteiger partial charge in [0.25, 0.3) is 5.91 Å². The van der Waals surface area contributed by atoms with E-state index in [9.17, 15) is 14.7 Å². The van der Waals surface area contributed by atoms with Crippen LogP contribution in [0.4, 0.5) is 0 Å². The molecule has 0 spiro atoms. The summed E-state index contributed by atoms with van der Waals surface area (Å²) < 4.78 is 0. The van der Waals surface area contributed by atoms with Gasteiger partial charge in [-0.1, -0.05) is 6.92 Å². The van der Waals surface area contributed by atoms with E-state index in [2.05, 4.69) is 17.8 Å². The lowest BCUT2D eigenvalue weighted by molar-refractivity contribution is -0.127. The maximum absolute atomic E-state index is 12.2. The summed E-state index contributed by atoms with van der Waals surface area (Å²) in [4.78, 5) is 26.0. The molecular formula is C17H24N2O3S. The molecule has 0 saturated heterocycles. The molecule has 2 amide bonds. The van der Waals surface area contributed by atoms with Crippen molar-refractivity contribution in [3.05, 3.63) is 21.4 Å². The summed E-state index contributed by atoms with van der Waals surface area (Å²) in [6, 6.07) is 1.94. The van der Waals surface area contributed by atoms with Crippen molar-refractivity contribution in [1.29, 1.82) is 0 Å². The lowest BCUT2D eigenvalue weighted by atomic mass is 9.90. The van der Waals surface area contributed by atoms with Gasteiger partial charge in [-0.3, -0.25) is 20.4 Å². The Kier molecular flexibility index (Phi) is 4.47. The Morgan fingerprint density at radius 3 is 2.78 bits per heavy atom. The van der Waals surface area contributed by atoms with Crippen molar-refractivity contribution in [1.82, 2.24) is 10.9 Å². The van der Waals surface area contributed by atoms with Gasteiger partial charge in [0, 0.05) is 4.88 Å². The lowest BCUT2D eigenvalue weighted by Gasteiger charge is -2.22. The van der Waals surface area contributed by atoms with E-state index >= 15 is 0 Å². The molecule has 1 fully saturated rings. The highest BCUT2D eigenvalue weighted by Crippen LogP contribution is 2.41. The van der Waals surface area contributed by atoms with Crippen LogP contribution < -0.4 is 10.9 Å². The van der Waals surface area contributed by atoms with Crippen molar-refractivity contribution in [2.75, 3.05) is 0 Å². The number of hydrogen-bond donors (Lipinski definition) is 3. The van der Waals surface area contributed by atoms with Gasteiger partial charge >= 0.3 is 0 Å². The van der Waals surface area contributed by atoms with E-state index < -0.39 is 5.60 Å². The van der Waals surface area contributed by atoms with Crippen LogP contribution in [-0.2, 0) is 17.6 Å². The average molecular weight is 336 g/mol. The Bertz CT molecular complexity index is 619. The largest absolute Gasteiger partial charge is 0.389 e. The molecule has 0 aromatic carbocycles. The standard InChI is InChI=1S/C17H24N2O3S/c1-10-3-6-13-11(7-10)8-14(23-13)16(21)19-18-15(20)9-17(2,22)12-4-5-12/h8,10,12,22H,3-7,9H2,1-2H3,(H,18,20)(H,19,21). The van der Waals surface area contributed by atoms with Crippen LogP contribution >= 0.6 is 11.3 Å². The number of rotatable bonds is 4. The fraction of sp³-hybridized carbons (Fsp3) is 0.647. The molecular weight excluding hydrogens is 312 g/mol. The second kappa shape index (κ2) is 6.24. The van der Waals surface area contributed by atoms with E-state index in [4.69, 9.17) is 0 Å². The van der Waals surface area contributed by atoms with Gasteiger partial charge in [-0.25, -0.2) is 0 Å². The maximum Gasteiger partial charge on any atom is 0.279 e. The van der Waals surface area contributed by atoms with Gasteiger partial charge in [-0.2, -0.15) is 0 Å². The molecule has 2 atom stereocenters. The molecule has 3 rings (SSSR count). The van der Waals surface area contributed by atoms with E-state index in [0.29, 0.717) is 10.8 Å². The highest BCUT2D eigenvalue weighted by Gasteiger charge is 2.41. The number of aryl methyl sites for hydroxylation is 1. The minimum Gasteiger partial charge on any atom is -0.389 e. The molecule has 1 aromatic rings. The molecule has 1 aromatic heterocycles. The van der Waals surface area contributed by atoms with Crippen LogP contribution in [0.3, 0.4) is 0 Å². The number of hydrazine groups is 1. The van der Waals surface area contributed by atoms with Gasteiger partial charge in [0.15, 0.2) is 0 Å². The third kappa shape index (κ3) is 3.93. The molecule has 5 nitrogen and oxygen atoms in total. The Labute approximate surface area is 140 Å². The predicted molar refractivity (Wildman–Crippen MR) is 89.1 cm³/mol. The quantitative estimate of drug-likeness (QED) is 0.738. The van der Waals surface area contributed by atoms with E-state index in [1.165, 1.54) is 28.2 Å². The number of amides is 2. The molecule has 3 N–H and O–H groups in total. The Hall–Kier alpha value is -1.40. The lowest BCUT2D eigenvalue weighted by Crippen LogP contribution is -2.45. The maximum atomic E-state index is 12.2. The number of aliphatic hydroxyl groups is 1. The van der Waals surface area contributed by atoms with E-state index in [-0.39, 0.29) is 24.2 Å². The summed E-state index contributed by atoms with van der Waals surface area (Å²) in [5.41, 5.74) is 5.17. The van der Waals surface area contributed by atoms with E-state index in [1.54, 1.807) is 6.92 Å². The fourth-order valence-electron chi connectivity index (χ4n) is 3.22. The highest BCUT2D eigenvalue weighted by atomic mass is 32.1. The van der Waals surface area contributed by atoms with Crippen LogP contribution in [0.15, 0.2) is 6.07 Å². The summed E-state index contributed by atoms with van der Waals surface area (Å²) in [6.45, 7) is 3.91. The number of thiophene rings is 1. The molecule has 0 bridgehead atoms. The number of carbonyl (C=O) groups is 2.